The van der Waals surface area contributed by atoms with Gasteiger partial charge in [0, 0.05) is 29.4 Å². The Labute approximate surface area is 192 Å². The van der Waals surface area contributed by atoms with E-state index in [2.05, 4.69) is 35.1 Å². The molecule has 6 heteroatoms. The summed E-state index contributed by atoms with van der Waals surface area (Å²) >= 11 is 1.73. The zero-order valence-electron chi connectivity index (χ0n) is 18.4. The van der Waals surface area contributed by atoms with E-state index in [1.807, 2.05) is 60.7 Å². The second kappa shape index (κ2) is 10.4. The van der Waals surface area contributed by atoms with E-state index in [-0.39, 0.29) is 5.91 Å². The highest BCUT2D eigenvalue weighted by Gasteiger charge is 2.12. The number of carbonyl (C=O) groups excluding carboxylic acids is 1. The quantitative estimate of drug-likeness (QED) is 0.338. The van der Waals surface area contributed by atoms with E-state index in [4.69, 9.17) is 4.74 Å². The van der Waals surface area contributed by atoms with Crippen LogP contribution < -0.4 is 10.1 Å². The van der Waals surface area contributed by atoms with Crippen LogP contribution in [-0.4, -0.2) is 28.9 Å². The third kappa shape index (κ3) is 5.52. The number of nitrogens with zero attached hydrogens (tertiary/aromatic N) is 2. The summed E-state index contributed by atoms with van der Waals surface area (Å²) in [6.45, 7) is 7.32. The van der Waals surface area contributed by atoms with E-state index in [0.717, 1.165) is 52.6 Å². The molecule has 32 heavy (non-hydrogen) atoms. The number of hydrogen-bond acceptors (Lipinski definition) is 5. The highest BCUT2D eigenvalue weighted by atomic mass is 32.1. The highest BCUT2D eigenvalue weighted by Crippen LogP contribution is 2.35. The molecule has 4 aromatic rings. The minimum atomic E-state index is -0.0416. The van der Waals surface area contributed by atoms with Crippen LogP contribution in [0.25, 0.3) is 10.2 Å². The summed E-state index contributed by atoms with van der Waals surface area (Å²) in [6, 6.07) is 21.2. The van der Waals surface area contributed by atoms with Gasteiger partial charge in [-0.2, -0.15) is 0 Å². The summed E-state index contributed by atoms with van der Waals surface area (Å²) in [5, 5.41) is 2.94. The molecule has 2 heterocycles. The Balaban J connectivity index is 1.43. The number of aromatic nitrogens is 1. The second-order valence-corrected chi connectivity index (χ2v) is 8.67. The van der Waals surface area contributed by atoms with Crippen molar-refractivity contribution in [2.24, 2.45) is 0 Å². The van der Waals surface area contributed by atoms with Gasteiger partial charge in [0.2, 0.25) is 5.91 Å². The maximum absolute atomic E-state index is 12.3. The number of fused-ring (bicyclic) bond motifs is 1. The van der Waals surface area contributed by atoms with E-state index in [1.54, 1.807) is 17.5 Å². The van der Waals surface area contributed by atoms with Crippen LogP contribution in [0, 0.1) is 0 Å². The van der Waals surface area contributed by atoms with Gasteiger partial charge in [-0.05, 0) is 49.0 Å². The van der Waals surface area contributed by atoms with Crippen LogP contribution in [0.5, 0.6) is 11.5 Å². The molecule has 0 bridgehead atoms. The number of amides is 1. The molecule has 2 aromatic carbocycles. The van der Waals surface area contributed by atoms with Crippen LogP contribution in [-0.2, 0) is 17.8 Å². The Morgan fingerprint density at radius 3 is 2.50 bits per heavy atom. The number of hydrogen-bond donors (Lipinski definition) is 1. The number of benzene rings is 2. The minimum Gasteiger partial charge on any atom is -0.456 e. The van der Waals surface area contributed by atoms with Crippen LogP contribution in [0.1, 0.15) is 24.3 Å². The first-order chi connectivity index (χ1) is 15.6. The van der Waals surface area contributed by atoms with Crippen molar-refractivity contribution in [3.63, 3.8) is 0 Å². The first kappa shape index (κ1) is 22.0. The summed E-state index contributed by atoms with van der Waals surface area (Å²) < 4.78 is 7.21. The molecule has 1 N–H and O–H groups in total. The van der Waals surface area contributed by atoms with Crippen molar-refractivity contribution in [1.82, 2.24) is 9.88 Å². The van der Waals surface area contributed by atoms with Gasteiger partial charge in [0.1, 0.15) is 11.5 Å². The van der Waals surface area contributed by atoms with Crippen molar-refractivity contribution >= 4 is 33.1 Å². The van der Waals surface area contributed by atoms with Gasteiger partial charge in [0.15, 0.2) is 0 Å². The average Bonchev–Trinajstić information content (AvgIpc) is 3.23. The zero-order valence-corrected chi connectivity index (χ0v) is 19.2. The number of pyridine rings is 1. The van der Waals surface area contributed by atoms with Crippen LogP contribution in [0.15, 0.2) is 72.9 Å². The molecule has 2 aromatic heterocycles. The molecule has 0 fully saturated rings. The van der Waals surface area contributed by atoms with Crippen molar-refractivity contribution in [3.05, 3.63) is 83.4 Å². The monoisotopic (exact) mass is 445 g/mol. The number of rotatable bonds is 9. The summed E-state index contributed by atoms with van der Waals surface area (Å²) in [6.07, 6.45) is 2.13. The van der Waals surface area contributed by atoms with Gasteiger partial charge in [-0.3, -0.25) is 14.7 Å². The molecule has 0 aliphatic rings. The lowest BCUT2D eigenvalue weighted by Gasteiger charge is -2.16. The molecule has 0 radical (unpaired) electrons. The van der Waals surface area contributed by atoms with Crippen LogP contribution in [0.4, 0.5) is 5.69 Å². The van der Waals surface area contributed by atoms with E-state index in [0.29, 0.717) is 6.42 Å². The van der Waals surface area contributed by atoms with E-state index < -0.39 is 0 Å². The van der Waals surface area contributed by atoms with Gasteiger partial charge in [-0.1, -0.05) is 44.2 Å². The van der Waals surface area contributed by atoms with E-state index in [9.17, 15) is 4.79 Å². The molecule has 0 atom stereocenters. The lowest BCUT2D eigenvalue weighted by molar-refractivity contribution is -0.115. The highest BCUT2D eigenvalue weighted by molar-refractivity contribution is 7.19. The Kier molecular flexibility index (Phi) is 7.14. The molecular weight excluding hydrogens is 418 g/mol. The largest absolute Gasteiger partial charge is 0.456 e. The van der Waals surface area contributed by atoms with Crippen molar-refractivity contribution < 1.29 is 9.53 Å². The number of nitrogens with one attached hydrogen (secondary N) is 1. The van der Waals surface area contributed by atoms with Crippen LogP contribution in [0.3, 0.4) is 0 Å². The molecular formula is C26H27N3O2S. The molecule has 1 amide bonds. The van der Waals surface area contributed by atoms with E-state index >= 15 is 0 Å². The number of anilines is 1. The number of thiophene rings is 1. The average molecular weight is 446 g/mol. The molecule has 0 unspecified atom stereocenters. The smallest absolute Gasteiger partial charge is 0.228 e. The Hall–Kier alpha value is -3.22. The first-order valence-corrected chi connectivity index (χ1v) is 11.7. The van der Waals surface area contributed by atoms with E-state index in [1.165, 1.54) is 4.88 Å². The fourth-order valence-electron chi connectivity index (χ4n) is 3.51. The molecule has 0 aliphatic carbocycles. The normalized spacial score (nSPS) is 11.1. The van der Waals surface area contributed by atoms with Gasteiger partial charge >= 0.3 is 0 Å². The van der Waals surface area contributed by atoms with Crippen molar-refractivity contribution in [2.45, 2.75) is 26.8 Å². The van der Waals surface area contributed by atoms with Crippen molar-refractivity contribution in [3.8, 4) is 11.5 Å². The molecule has 5 nitrogen and oxygen atoms in total. The fourth-order valence-corrected chi connectivity index (χ4v) is 4.62. The Bertz CT molecular complexity index is 1170. The summed E-state index contributed by atoms with van der Waals surface area (Å²) in [7, 11) is 0. The van der Waals surface area contributed by atoms with Gasteiger partial charge in [0.25, 0.3) is 0 Å². The topological polar surface area (TPSA) is 54.5 Å². The molecule has 0 aliphatic heterocycles. The third-order valence-corrected chi connectivity index (χ3v) is 6.40. The summed E-state index contributed by atoms with van der Waals surface area (Å²) in [5.41, 5.74) is 2.69. The van der Waals surface area contributed by atoms with Gasteiger partial charge in [0.05, 0.1) is 16.6 Å². The predicted molar refractivity (Wildman–Crippen MR) is 132 cm³/mol. The molecule has 0 saturated heterocycles. The zero-order chi connectivity index (χ0) is 22.3. The number of ether oxygens (including phenoxy) is 1. The Morgan fingerprint density at radius 1 is 1.03 bits per heavy atom. The maximum Gasteiger partial charge on any atom is 0.228 e. The number of carbonyl (C=O) groups is 1. The third-order valence-electron chi connectivity index (χ3n) is 5.27. The second-order valence-electron chi connectivity index (χ2n) is 7.53. The molecule has 4 rings (SSSR count). The fraction of sp³-hybridized carbons (Fsp3) is 0.231. The molecule has 164 valence electrons. The Morgan fingerprint density at radius 2 is 1.78 bits per heavy atom. The molecule has 0 saturated carbocycles. The predicted octanol–water partition coefficient (Wildman–Crippen LogP) is 6.11. The molecule has 0 spiro atoms. The van der Waals surface area contributed by atoms with Gasteiger partial charge in [-0.25, -0.2) is 0 Å². The standard InChI is InChI=1S/C26H27N3O2S/c1-3-29(4-2)18-22-17-23-26(32-22)24(14-15-27-23)31-21-12-10-20(11-13-21)28-25(30)16-19-8-6-5-7-9-19/h5-15,17H,3-4,16,18H2,1-2H3,(H,28,30). The lowest BCUT2D eigenvalue weighted by atomic mass is 10.1. The summed E-state index contributed by atoms with van der Waals surface area (Å²) in [5.74, 6) is 1.48. The SMILES string of the molecule is CCN(CC)Cc1cc2nccc(Oc3ccc(NC(=O)Cc4ccccc4)cc3)c2s1. The van der Waals surface area contributed by atoms with Crippen molar-refractivity contribution in [1.29, 1.82) is 0 Å². The maximum atomic E-state index is 12.3. The van der Waals surface area contributed by atoms with Gasteiger partial charge in [-0.15, -0.1) is 11.3 Å². The van der Waals surface area contributed by atoms with Crippen LogP contribution in [0.2, 0.25) is 0 Å². The van der Waals surface area contributed by atoms with Gasteiger partial charge < -0.3 is 10.1 Å². The van der Waals surface area contributed by atoms with Crippen LogP contribution >= 0.6 is 11.3 Å². The lowest BCUT2D eigenvalue weighted by Crippen LogP contribution is -2.21. The summed E-state index contributed by atoms with van der Waals surface area (Å²) in [4.78, 5) is 20.4. The van der Waals surface area contributed by atoms with Crippen molar-refractivity contribution in [2.75, 3.05) is 18.4 Å². The minimum absolute atomic E-state index is 0.0416. The first-order valence-electron chi connectivity index (χ1n) is 10.9.